The van der Waals surface area contributed by atoms with E-state index in [0.717, 1.165) is 45.2 Å². The molecule has 7 aromatic carbocycles. The lowest BCUT2D eigenvalue weighted by Gasteiger charge is -2.40. The third kappa shape index (κ3) is 4.41. The summed E-state index contributed by atoms with van der Waals surface area (Å²) in [6.45, 7) is 0. The van der Waals surface area contributed by atoms with Crippen LogP contribution in [0.25, 0.3) is 28.0 Å². The first-order chi connectivity index (χ1) is 25.2. The number of rotatable bonds is 4. The van der Waals surface area contributed by atoms with Crippen molar-refractivity contribution in [1.29, 1.82) is 0 Å². The van der Waals surface area contributed by atoms with E-state index >= 15 is 0 Å². The molecular weight excluding hydrogens is 621 g/mol. The van der Waals surface area contributed by atoms with Crippen molar-refractivity contribution in [1.82, 2.24) is 4.90 Å². The van der Waals surface area contributed by atoms with Gasteiger partial charge in [-0.15, -0.1) is 0 Å². The van der Waals surface area contributed by atoms with Crippen LogP contribution in [0.15, 0.2) is 187 Å². The highest BCUT2D eigenvalue weighted by atomic mass is 16.5. The van der Waals surface area contributed by atoms with Crippen LogP contribution in [-0.2, 0) is 5.41 Å². The van der Waals surface area contributed by atoms with Gasteiger partial charge in [-0.3, -0.25) is 4.99 Å². The summed E-state index contributed by atoms with van der Waals surface area (Å²) >= 11 is 0. The number of benzene rings is 7. The van der Waals surface area contributed by atoms with Gasteiger partial charge in [-0.1, -0.05) is 158 Å². The maximum atomic E-state index is 6.75. The molecule has 0 fully saturated rings. The lowest BCUT2D eigenvalue weighted by molar-refractivity contribution is 0.362. The molecule has 242 valence electrons. The topological polar surface area (TPSA) is 24.8 Å². The molecule has 51 heavy (non-hydrogen) atoms. The lowest BCUT2D eigenvalue weighted by Crippen LogP contribution is -2.33. The molecule has 0 N–H and O–H groups in total. The number of hydrogen-bond donors (Lipinski definition) is 0. The zero-order valence-electron chi connectivity index (χ0n) is 28.2. The Morgan fingerprint density at radius 2 is 1.02 bits per heavy atom. The van der Waals surface area contributed by atoms with Crippen LogP contribution in [-0.4, -0.2) is 17.7 Å². The van der Waals surface area contributed by atoms with Gasteiger partial charge >= 0.3 is 0 Å². The third-order valence-electron chi connectivity index (χ3n) is 10.8. The molecule has 0 bridgehead atoms. The van der Waals surface area contributed by atoms with Crippen molar-refractivity contribution in [2.24, 2.45) is 4.99 Å². The van der Waals surface area contributed by atoms with Crippen LogP contribution >= 0.6 is 0 Å². The molecule has 1 spiro atoms. The molecule has 2 heterocycles. The summed E-state index contributed by atoms with van der Waals surface area (Å²) in [5, 5.41) is 0. The Labute approximate surface area is 298 Å². The third-order valence-corrected chi connectivity index (χ3v) is 10.8. The number of fused-ring (bicyclic) bond motifs is 9. The van der Waals surface area contributed by atoms with Crippen molar-refractivity contribution in [2.45, 2.75) is 11.6 Å². The fourth-order valence-electron chi connectivity index (χ4n) is 8.56. The van der Waals surface area contributed by atoms with Crippen molar-refractivity contribution in [3.63, 3.8) is 0 Å². The molecule has 3 heteroatoms. The second kappa shape index (κ2) is 11.6. The van der Waals surface area contributed by atoms with Crippen molar-refractivity contribution < 1.29 is 4.74 Å². The molecule has 10 rings (SSSR count). The highest BCUT2D eigenvalue weighted by Gasteiger charge is 2.51. The summed E-state index contributed by atoms with van der Waals surface area (Å²) in [6.07, 6.45) is 1.96. The van der Waals surface area contributed by atoms with Crippen LogP contribution in [0.5, 0.6) is 11.5 Å². The predicted octanol–water partition coefficient (Wildman–Crippen LogP) is 11.3. The highest BCUT2D eigenvalue weighted by molar-refractivity contribution is 6.13. The van der Waals surface area contributed by atoms with Crippen molar-refractivity contribution >= 4 is 11.4 Å². The summed E-state index contributed by atoms with van der Waals surface area (Å²) < 4.78 is 6.75. The quantitative estimate of drug-likeness (QED) is 0.189. The van der Waals surface area contributed by atoms with Gasteiger partial charge in [0, 0.05) is 29.4 Å². The molecule has 1 atom stereocenters. The van der Waals surface area contributed by atoms with E-state index in [1.165, 1.54) is 38.9 Å². The highest BCUT2D eigenvalue weighted by Crippen LogP contribution is 2.62. The van der Waals surface area contributed by atoms with Gasteiger partial charge in [0.05, 0.1) is 11.1 Å². The Hall–Kier alpha value is -6.45. The van der Waals surface area contributed by atoms with Crippen molar-refractivity contribution in [3.8, 4) is 33.8 Å². The summed E-state index contributed by atoms with van der Waals surface area (Å²) in [6, 6.07) is 62.9. The minimum atomic E-state index is -0.537. The second-order valence-electron chi connectivity index (χ2n) is 13.5. The first-order valence-corrected chi connectivity index (χ1v) is 17.6. The molecule has 0 saturated heterocycles. The lowest BCUT2D eigenvalue weighted by atomic mass is 9.66. The summed E-state index contributed by atoms with van der Waals surface area (Å²) in [7, 11) is 2.17. The van der Waals surface area contributed by atoms with Crippen LogP contribution in [0, 0.1) is 0 Å². The Bertz CT molecular complexity index is 2490. The molecule has 1 unspecified atom stereocenters. The van der Waals surface area contributed by atoms with Gasteiger partial charge in [0.1, 0.15) is 17.7 Å². The number of aliphatic imine (C=N–C) groups is 1. The van der Waals surface area contributed by atoms with Crippen LogP contribution in [0.3, 0.4) is 0 Å². The first-order valence-electron chi connectivity index (χ1n) is 17.6. The first kappa shape index (κ1) is 29.5. The number of nitrogens with zero attached hydrogens (tertiary/aromatic N) is 2. The van der Waals surface area contributed by atoms with Crippen molar-refractivity contribution in [3.05, 3.63) is 221 Å². The van der Waals surface area contributed by atoms with E-state index < -0.39 is 5.41 Å². The maximum Gasteiger partial charge on any atom is 0.147 e. The summed E-state index contributed by atoms with van der Waals surface area (Å²) in [5.41, 5.74) is 14.7. The maximum absolute atomic E-state index is 6.75. The average molecular weight is 655 g/mol. The molecule has 7 aromatic rings. The van der Waals surface area contributed by atoms with Crippen molar-refractivity contribution in [2.75, 3.05) is 7.05 Å². The SMILES string of the molecule is CN1C(c2ccccc2-c2ccccc2)=CC(c2ccccc2)=NC1c1ccc2c(c1)C1(c3ccccc3O2)c2ccccc2-c2ccccc21. The van der Waals surface area contributed by atoms with E-state index in [1.807, 2.05) is 0 Å². The Balaban J connectivity index is 1.19. The minimum absolute atomic E-state index is 0.282. The van der Waals surface area contributed by atoms with Gasteiger partial charge in [-0.25, -0.2) is 0 Å². The van der Waals surface area contributed by atoms with Gasteiger partial charge < -0.3 is 9.64 Å². The van der Waals surface area contributed by atoms with E-state index in [0.29, 0.717) is 0 Å². The number of para-hydroxylation sites is 1. The largest absolute Gasteiger partial charge is 0.457 e. The monoisotopic (exact) mass is 654 g/mol. The summed E-state index contributed by atoms with van der Waals surface area (Å²) in [5.74, 6) is 1.77. The van der Waals surface area contributed by atoms with Crippen LogP contribution in [0.4, 0.5) is 0 Å². The number of hydrogen-bond acceptors (Lipinski definition) is 3. The number of allylic oxidation sites excluding steroid dienone is 1. The zero-order chi connectivity index (χ0) is 33.9. The van der Waals surface area contributed by atoms with Gasteiger partial charge in [-0.2, -0.15) is 0 Å². The standard InChI is InChI=1S/C48H34N2O/c1-50-44(38-23-9-8-20-35(38)32-16-4-2-5-17-32)31-43(33-18-6-3-7-19-33)49-47(50)34-28-29-46-42(30-34)48(41-26-14-15-27-45(41)51-46)39-24-12-10-21-36(39)37-22-11-13-25-40(37)48/h2-31,47H,1H3. The van der Waals surface area contributed by atoms with Crippen LogP contribution < -0.4 is 4.74 Å². The number of ether oxygens (including phenoxy) is 1. The normalized spacial score (nSPS) is 16.3. The molecule has 3 aliphatic rings. The van der Waals surface area contributed by atoms with E-state index in [-0.39, 0.29) is 6.17 Å². The zero-order valence-corrected chi connectivity index (χ0v) is 28.2. The molecular formula is C48H34N2O. The molecule has 0 radical (unpaired) electrons. The molecule has 3 nitrogen and oxygen atoms in total. The van der Waals surface area contributed by atoms with E-state index in [1.54, 1.807) is 0 Å². The molecule has 2 aliphatic heterocycles. The predicted molar refractivity (Wildman–Crippen MR) is 207 cm³/mol. The van der Waals surface area contributed by atoms with Gasteiger partial charge in [0.15, 0.2) is 0 Å². The Morgan fingerprint density at radius 3 is 1.71 bits per heavy atom. The molecule has 1 aliphatic carbocycles. The summed E-state index contributed by atoms with van der Waals surface area (Å²) in [4.78, 5) is 7.83. The molecule has 0 amide bonds. The van der Waals surface area contributed by atoms with Gasteiger partial charge in [0.2, 0.25) is 0 Å². The Morgan fingerprint density at radius 1 is 0.490 bits per heavy atom. The fourth-order valence-corrected chi connectivity index (χ4v) is 8.56. The molecule has 0 aromatic heterocycles. The van der Waals surface area contributed by atoms with E-state index in [9.17, 15) is 0 Å². The Kier molecular flexibility index (Phi) is 6.68. The average Bonchev–Trinajstić information content (AvgIpc) is 3.49. The van der Waals surface area contributed by atoms with E-state index in [2.05, 4.69) is 194 Å². The fraction of sp³-hybridized carbons (Fsp3) is 0.0625. The van der Waals surface area contributed by atoms with Gasteiger partial charge in [-0.05, 0) is 68.8 Å². The van der Waals surface area contributed by atoms with Crippen LogP contribution in [0.1, 0.15) is 45.1 Å². The van der Waals surface area contributed by atoms with Crippen LogP contribution in [0.2, 0.25) is 0 Å². The smallest absolute Gasteiger partial charge is 0.147 e. The minimum Gasteiger partial charge on any atom is -0.457 e. The molecule has 0 saturated carbocycles. The van der Waals surface area contributed by atoms with E-state index in [4.69, 9.17) is 9.73 Å². The second-order valence-corrected chi connectivity index (χ2v) is 13.5. The van der Waals surface area contributed by atoms with Gasteiger partial charge in [0.25, 0.3) is 0 Å².